The standard InChI is InChI=1S/C15H29N3O2/c1-12(19)7-11-17(2)15(20)14-4-3-10-18(14)13-5-8-16-9-6-13/h12-14,16,19H,3-11H2,1-2H3. The summed E-state index contributed by atoms with van der Waals surface area (Å²) < 4.78 is 0. The summed E-state index contributed by atoms with van der Waals surface area (Å²) >= 11 is 0. The quantitative estimate of drug-likeness (QED) is 0.768. The first-order valence-electron chi connectivity index (χ1n) is 7.99. The van der Waals surface area contributed by atoms with Crippen molar-refractivity contribution in [1.29, 1.82) is 0 Å². The van der Waals surface area contributed by atoms with E-state index in [1.54, 1.807) is 11.8 Å². The minimum Gasteiger partial charge on any atom is -0.393 e. The van der Waals surface area contributed by atoms with Crippen LogP contribution in [0.25, 0.3) is 0 Å². The average Bonchev–Trinajstić information content (AvgIpc) is 2.94. The normalized spacial score (nSPS) is 26.6. The Bertz CT molecular complexity index is 316. The van der Waals surface area contributed by atoms with Gasteiger partial charge in [-0.15, -0.1) is 0 Å². The van der Waals surface area contributed by atoms with Crippen molar-refractivity contribution in [2.24, 2.45) is 0 Å². The fourth-order valence-corrected chi connectivity index (χ4v) is 3.37. The Morgan fingerprint density at radius 3 is 2.75 bits per heavy atom. The number of rotatable bonds is 5. The molecule has 5 heteroatoms. The second kappa shape index (κ2) is 7.38. The lowest BCUT2D eigenvalue weighted by molar-refractivity contribution is -0.135. The molecule has 2 aliphatic rings. The second-order valence-electron chi connectivity index (χ2n) is 6.27. The number of nitrogens with zero attached hydrogens (tertiary/aromatic N) is 2. The zero-order chi connectivity index (χ0) is 14.5. The molecule has 0 aliphatic carbocycles. The van der Waals surface area contributed by atoms with E-state index >= 15 is 0 Å². The molecule has 2 N–H and O–H groups in total. The molecule has 0 spiro atoms. The lowest BCUT2D eigenvalue weighted by Gasteiger charge is -2.36. The van der Waals surface area contributed by atoms with E-state index in [0.717, 1.165) is 45.3 Å². The number of nitrogens with one attached hydrogen (secondary N) is 1. The van der Waals surface area contributed by atoms with Crippen LogP contribution in [0.1, 0.15) is 39.0 Å². The van der Waals surface area contributed by atoms with Crippen molar-refractivity contribution < 1.29 is 9.90 Å². The first kappa shape index (κ1) is 15.7. The van der Waals surface area contributed by atoms with Gasteiger partial charge in [0.15, 0.2) is 0 Å². The van der Waals surface area contributed by atoms with Crippen molar-refractivity contribution >= 4 is 5.91 Å². The maximum atomic E-state index is 12.6. The lowest BCUT2D eigenvalue weighted by atomic mass is 10.0. The van der Waals surface area contributed by atoms with Crippen LogP contribution in [0.15, 0.2) is 0 Å². The predicted molar refractivity (Wildman–Crippen MR) is 79.6 cm³/mol. The zero-order valence-electron chi connectivity index (χ0n) is 12.8. The summed E-state index contributed by atoms with van der Waals surface area (Å²) in [6.45, 7) is 5.62. The molecule has 2 rings (SSSR count). The van der Waals surface area contributed by atoms with Gasteiger partial charge >= 0.3 is 0 Å². The molecule has 2 saturated heterocycles. The summed E-state index contributed by atoms with van der Waals surface area (Å²) in [5, 5.41) is 12.7. The van der Waals surface area contributed by atoms with Crippen LogP contribution in [0.2, 0.25) is 0 Å². The van der Waals surface area contributed by atoms with Gasteiger partial charge in [0.2, 0.25) is 5.91 Å². The predicted octanol–water partition coefficient (Wildman–Crippen LogP) is 0.432. The van der Waals surface area contributed by atoms with Crippen LogP contribution in [0.4, 0.5) is 0 Å². The molecule has 0 aromatic carbocycles. The van der Waals surface area contributed by atoms with Crippen LogP contribution >= 0.6 is 0 Å². The highest BCUT2D eigenvalue weighted by molar-refractivity contribution is 5.82. The summed E-state index contributed by atoms with van der Waals surface area (Å²) in [6, 6.07) is 0.634. The molecule has 2 atom stereocenters. The van der Waals surface area contributed by atoms with Gasteiger partial charge in [0, 0.05) is 19.6 Å². The third-order valence-corrected chi connectivity index (χ3v) is 4.62. The van der Waals surface area contributed by atoms with E-state index in [4.69, 9.17) is 0 Å². The molecule has 2 heterocycles. The summed E-state index contributed by atoms with van der Waals surface area (Å²) in [4.78, 5) is 16.8. The monoisotopic (exact) mass is 283 g/mol. The van der Waals surface area contributed by atoms with E-state index in [1.165, 1.54) is 0 Å². The Labute approximate surface area is 122 Å². The molecular weight excluding hydrogens is 254 g/mol. The Morgan fingerprint density at radius 1 is 1.40 bits per heavy atom. The van der Waals surface area contributed by atoms with Gasteiger partial charge in [0.1, 0.15) is 0 Å². The van der Waals surface area contributed by atoms with Crippen LogP contribution in [0, 0.1) is 0 Å². The van der Waals surface area contributed by atoms with Gasteiger partial charge in [-0.3, -0.25) is 9.69 Å². The number of carbonyl (C=O) groups excluding carboxylic acids is 1. The molecule has 2 fully saturated rings. The largest absolute Gasteiger partial charge is 0.393 e. The Balaban J connectivity index is 1.90. The molecule has 0 bridgehead atoms. The number of carbonyl (C=O) groups is 1. The summed E-state index contributed by atoms with van der Waals surface area (Å²) in [5.74, 6) is 0.238. The van der Waals surface area contributed by atoms with Crippen molar-refractivity contribution in [3.63, 3.8) is 0 Å². The number of hydrogen-bond acceptors (Lipinski definition) is 4. The van der Waals surface area contributed by atoms with Gasteiger partial charge in [0.25, 0.3) is 0 Å². The van der Waals surface area contributed by atoms with Crippen LogP contribution in [0.5, 0.6) is 0 Å². The molecule has 0 aromatic rings. The fourth-order valence-electron chi connectivity index (χ4n) is 3.37. The summed E-state index contributed by atoms with van der Waals surface area (Å²) in [6.07, 6.45) is 4.74. The van der Waals surface area contributed by atoms with Crippen LogP contribution in [-0.4, -0.2) is 72.2 Å². The molecular formula is C15H29N3O2. The van der Waals surface area contributed by atoms with Crippen molar-refractivity contribution in [3.8, 4) is 0 Å². The SMILES string of the molecule is CC(O)CCN(C)C(=O)C1CCCN1C1CCNCC1. The number of hydrogen-bond donors (Lipinski definition) is 2. The third kappa shape index (κ3) is 3.93. The van der Waals surface area contributed by atoms with Gasteiger partial charge < -0.3 is 15.3 Å². The molecule has 116 valence electrons. The van der Waals surface area contributed by atoms with Gasteiger partial charge in [-0.05, 0) is 58.7 Å². The van der Waals surface area contributed by atoms with Crippen LogP contribution in [0.3, 0.4) is 0 Å². The number of aliphatic hydroxyl groups is 1. The molecule has 2 unspecified atom stereocenters. The third-order valence-electron chi connectivity index (χ3n) is 4.62. The van der Waals surface area contributed by atoms with Crippen molar-refractivity contribution in [1.82, 2.24) is 15.1 Å². The average molecular weight is 283 g/mol. The number of amides is 1. The van der Waals surface area contributed by atoms with E-state index in [2.05, 4.69) is 10.2 Å². The maximum absolute atomic E-state index is 12.6. The minimum atomic E-state index is -0.339. The van der Waals surface area contributed by atoms with Gasteiger partial charge in [-0.2, -0.15) is 0 Å². The summed E-state index contributed by atoms with van der Waals surface area (Å²) in [7, 11) is 1.86. The van der Waals surface area contributed by atoms with Crippen molar-refractivity contribution in [2.75, 3.05) is 33.2 Å². The van der Waals surface area contributed by atoms with E-state index in [9.17, 15) is 9.90 Å². The lowest BCUT2D eigenvalue weighted by Crippen LogP contribution is -2.51. The number of piperidine rings is 1. The van der Waals surface area contributed by atoms with Crippen LogP contribution < -0.4 is 5.32 Å². The second-order valence-corrected chi connectivity index (χ2v) is 6.27. The minimum absolute atomic E-state index is 0.0668. The fraction of sp³-hybridized carbons (Fsp3) is 0.933. The molecule has 5 nitrogen and oxygen atoms in total. The Morgan fingerprint density at radius 2 is 2.10 bits per heavy atom. The molecule has 0 aromatic heterocycles. The number of likely N-dealkylation sites (tertiary alicyclic amines) is 1. The molecule has 0 saturated carbocycles. The topological polar surface area (TPSA) is 55.8 Å². The maximum Gasteiger partial charge on any atom is 0.239 e. The van der Waals surface area contributed by atoms with E-state index in [0.29, 0.717) is 19.0 Å². The molecule has 0 radical (unpaired) electrons. The highest BCUT2D eigenvalue weighted by Gasteiger charge is 2.36. The highest BCUT2D eigenvalue weighted by Crippen LogP contribution is 2.25. The van der Waals surface area contributed by atoms with Gasteiger partial charge in [-0.25, -0.2) is 0 Å². The Hall–Kier alpha value is -0.650. The van der Waals surface area contributed by atoms with Crippen molar-refractivity contribution in [2.45, 2.75) is 57.2 Å². The Kier molecular flexibility index (Phi) is 5.81. The molecule has 1 amide bonds. The van der Waals surface area contributed by atoms with Crippen LogP contribution in [-0.2, 0) is 4.79 Å². The first-order chi connectivity index (χ1) is 9.59. The van der Waals surface area contributed by atoms with Gasteiger partial charge in [0.05, 0.1) is 12.1 Å². The zero-order valence-corrected chi connectivity index (χ0v) is 12.8. The highest BCUT2D eigenvalue weighted by atomic mass is 16.3. The number of likely N-dealkylation sites (N-methyl/N-ethyl adjacent to an activating group) is 1. The smallest absolute Gasteiger partial charge is 0.239 e. The van der Waals surface area contributed by atoms with Gasteiger partial charge in [-0.1, -0.05) is 0 Å². The van der Waals surface area contributed by atoms with Crippen molar-refractivity contribution in [3.05, 3.63) is 0 Å². The molecule has 2 aliphatic heterocycles. The molecule has 20 heavy (non-hydrogen) atoms. The first-order valence-corrected chi connectivity index (χ1v) is 7.99. The number of aliphatic hydroxyl groups excluding tert-OH is 1. The van der Waals surface area contributed by atoms with E-state index in [1.807, 2.05) is 7.05 Å². The van der Waals surface area contributed by atoms with E-state index < -0.39 is 0 Å². The summed E-state index contributed by atoms with van der Waals surface area (Å²) in [5.41, 5.74) is 0. The van der Waals surface area contributed by atoms with E-state index in [-0.39, 0.29) is 18.1 Å².